The van der Waals surface area contributed by atoms with Gasteiger partial charge in [-0.15, -0.1) is 0 Å². The minimum Gasteiger partial charge on any atom is -0.381 e. The van der Waals surface area contributed by atoms with Gasteiger partial charge in [-0.25, -0.2) is 4.68 Å². The Hall–Kier alpha value is -2.28. The third-order valence-corrected chi connectivity index (χ3v) is 5.72. The molecule has 146 valence electrons. The molecule has 0 spiro atoms. The molecule has 28 heavy (non-hydrogen) atoms. The van der Waals surface area contributed by atoms with Crippen LogP contribution in [0.2, 0.25) is 0 Å². The smallest absolute Gasteiger partial charge is 0.203 e. The minimum atomic E-state index is 0.375. The van der Waals surface area contributed by atoms with Gasteiger partial charge in [0.2, 0.25) is 4.77 Å². The highest BCUT2D eigenvalue weighted by molar-refractivity contribution is 7.71. The fourth-order valence-corrected chi connectivity index (χ4v) is 4.06. The van der Waals surface area contributed by atoms with E-state index in [1.165, 1.54) is 5.56 Å². The molecule has 2 aromatic carbocycles. The zero-order valence-electron chi connectivity index (χ0n) is 16.2. The SMILES string of the molecule is COC1CCN(Cn2nc(Cc3ccccc3)n(-c3ccccc3)c2=S)CC1. The summed E-state index contributed by atoms with van der Waals surface area (Å²) in [7, 11) is 1.80. The molecule has 0 aliphatic carbocycles. The summed E-state index contributed by atoms with van der Waals surface area (Å²) in [6.45, 7) is 2.73. The number of hydrogen-bond acceptors (Lipinski definition) is 4. The summed E-state index contributed by atoms with van der Waals surface area (Å²) in [5.74, 6) is 0.967. The molecule has 0 saturated carbocycles. The van der Waals surface area contributed by atoms with E-state index < -0.39 is 0 Å². The van der Waals surface area contributed by atoms with E-state index >= 15 is 0 Å². The summed E-state index contributed by atoms with van der Waals surface area (Å²) in [4.78, 5) is 2.40. The molecule has 1 aromatic heterocycles. The monoisotopic (exact) mass is 394 g/mol. The van der Waals surface area contributed by atoms with Crippen LogP contribution in [0.3, 0.4) is 0 Å². The normalized spacial score (nSPS) is 15.8. The van der Waals surface area contributed by atoms with E-state index in [-0.39, 0.29) is 0 Å². The van der Waals surface area contributed by atoms with Crippen molar-refractivity contribution in [2.45, 2.75) is 32.0 Å². The molecule has 0 atom stereocenters. The molecule has 1 fully saturated rings. The van der Waals surface area contributed by atoms with Crippen LogP contribution in [-0.4, -0.2) is 45.6 Å². The maximum atomic E-state index is 5.84. The van der Waals surface area contributed by atoms with Gasteiger partial charge in [0.1, 0.15) is 5.82 Å². The number of methoxy groups -OCH3 is 1. The summed E-state index contributed by atoms with van der Waals surface area (Å²) in [5.41, 5.74) is 2.29. The molecule has 1 aliphatic rings. The maximum absolute atomic E-state index is 5.84. The van der Waals surface area contributed by atoms with Crippen molar-refractivity contribution in [2.24, 2.45) is 0 Å². The molecule has 0 unspecified atom stereocenters. The van der Waals surface area contributed by atoms with Gasteiger partial charge in [0.05, 0.1) is 12.8 Å². The van der Waals surface area contributed by atoms with E-state index in [0.29, 0.717) is 6.10 Å². The number of rotatable bonds is 6. The lowest BCUT2D eigenvalue weighted by atomic mass is 10.1. The van der Waals surface area contributed by atoms with E-state index in [4.69, 9.17) is 22.1 Å². The van der Waals surface area contributed by atoms with E-state index in [1.54, 1.807) is 7.11 Å². The highest BCUT2D eigenvalue weighted by atomic mass is 32.1. The Morgan fingerprint density at radius 1 is 1.00 bits per heavy atom. The highest BCUT2D eigenvalue weighted by Gasteiger charge is 2.20. The number of hydrogen-bond donors (Lipinski definition) is 0. The summed E-state index contributed by atoms with van der Waals surface area (Å²) in [5, 5.41) is 4.92. The first kappa shape index (κ1) is 19.1. The number of piperidine rings is 1. The van der Waals surface area contributed by atoms with Gasteiger partial charge >= 0.3 is 0 Å². The van der Waals surface area contributed by atoms with Crippen molar-refractivity contribution >= 4 is 12.2 Å². The minimum absolute atomic E-state index is 0.375. The van der Waals surface area contributed by atoms with Crippen molar-refractivity contribution in [3.63, 3.8) is 0 Å². The van der Waals surface area contributed by atoms with Gasteiger partial charge in [-0.1, -0.05) is 48.5 Å². The third kappa shape index (κ3) is 4.24. The first-order valence-corrected chi connectivity index (χ1v) is 10.2. The van der Waals surface area contributed by atoms with Crippen LogP contribution in [0.15, 0.2) is 60.7 Å². The van der Waals surface area contributed by atoms with Crippen molar-refractivity contribution in [1.29, 1.82) is 0 Å². The first-order valence-electron chi connectivity index (χ1n) is 9.78. The van der Waals surface area contributed by atoms with Gasteiger partial charge < -0.3 is 4.74 Å². The van der Waals surface area contributed by atoms with E-state index in [0.717, 1.165) is 55.3 Å². The summed E-state index contributed by atoms with van der Waals surface area (Å²) in [6, 6.07) is 20.7. The van der Waals surface area contributed by atoms with Crippen LogP contribution < -0.4 is 0 Å². The van der Waals surface area contributed by atoms with Gasteiger partial charge in [0.15, 0.2) is 0 Å². The number of likely N-dealkylation sites (tertiary alicyclic amines) is 1. The Bertz CT molecular complexity index is 944. The van der Waals surface area contributed by atoms with Gasteiger partial charge in [-0.05, 0) is 42.8 Å². The lowest BCUT2D eigenvalue weighted by Gasteiger charge is -2.30. The molecule has 0 radical (unpaired) electrons. The lowest BCUT2D eigenvalue weighted by molar-refractivity contribution is 0.0301. The average molecular weight is 395 g/mol. The molecule has 2 heterocycles. The van der Waals surface area contributed by atoms with Gasteiger partial charge in [0.25, 0.3) is 0 Å². The van der Waals surface area contributed by atoms with E-state index in [1.807, 2.05) is 28.9 Å². The highest BCUT2D eigenvalue weighted by Crippen LogP contribution is 2.18. The molecule has 0 bridgehead atoms. The Morgan fingerprint density at radius 2 is 1.64 bits per heavy atom. The molecular formula is C22H26N4OS. The van der Waals surface area contributed by atoms with E-state index in [2.05, 4.69) is 45.9 Å². The molecular weight excluding hydrogens is 368 g/mol. The van der Waals surface area contributed by atoms with Crippen molar-refractivity contribution in [1.82, 2.24) is 19.2 Å². The lowest BCUT2D eigenvalue weighted by Crippen LogP contribution is -2.38. The number of ether oxygens (including phenoxy) is 1. The fraction of sp³-hybridized carbons (Fsp3) is 0.364. The summed E-state index contributed by atoms with van der Waals surface area (Å²) in [6.07, 6.45) is 3.23. The quantitative estimate of drug-likeness (QED) is 0.591. The standard InChI is InChI=1S/C22H26N4OS/c1-27-20-12-14-24(15-13-20)17-25-22(28)26(19-10-6-3-7-11-19)21(23-25)16-18-8-4-2-5-9-18/h2-11,20H,12-17H2,1H3. The molecule has 4 rings (SSSR count). The third-order valence-electron chi connectivity index (χ3n) is 5.33. The summed E-state index contributed by atoms with van der Waals surface area (Å²) >= 11 is 5.84. The maximum Gasteiger partial charge on any atom is 0.203 e. The predicted molar refractivity (Wildman–Crippen MR) is 113 cm³/mol. The molecule has 0 N–H and O–H groups in total. The van der Waals surface area contributed by atoms with Crippen molar-refractivity contribution < 1.29 is 4.74 Å². The van der Waals surface area contributed by atoms with Crippen LogP contribution in [0.1, 0.15) is 24.2 Å². The Balaban J connectivity index is 1.63. The van der Waals surface area contributed by atoms with Crippen LogP contribution in [0.25, 0.3) is 5.69 Å². The molecule has 1 aliphatic heterocycles. The molecule has 3 aromatic rings. The second-order valence-electron chi connectivity index (χ2n) is 7.23. The topological polar surface area (TPSA) is 35.2 Å². The predicted octanol–water partition coefficient (Wildman–Crippen LogP) is 4.06. The largest absolute Gasteiger partial charge is 0.381 e. The zero-order chi connectivity index (χ0) is 19.3. The Kier molecular flexibility index (Phi) is 6.00. The fourth-order valence-electron chi connectivity index (χ4n) is 3.75. The second kappa shape index (κ2) is 8.82. The Labute approximate surface area is 171 Å². The van der Waals surface area contributed by atoms with Gasteiger partial charge in [0, 0.05) is 32.3 Å². The van der Waals surface area contributed by atoms with Crippen LogP contribution in [-0.2, 0) is 17.8 Å². The van der Waals surface area contributed by atoms with Crippen LogP contribution in [0, 0.1) is 4.77 Å². The second-order valence-corrected chi connectivity index (χ2v) is 7.59. The summed E-state index contributed by atoms with van der Waals surface area (Å²) < 4.78 is 10.3. The molecule has 5 nitrogen and oxygen atoms in total. The van der Waals surface area contributed by atoms with Gasteiger partial charge in [-0.2, -0.15) is 5.10 Å². The molecule has 1 saturated heterocycles. The van der Waals surface area contributed by atoms with E-state index in [9.17, 15) is 0 Å². The van der Waals surface area contributed by atoms with Crippen LogP contribution in [0.4, 0.5) is 0 Å². The van der Waals surface area contributed by atoms with Crippen LogP contribution >= 0.6 is 12.2 Å². The molecule has 0 amide bonds. The number of aromatic nitrogens is 3. The van der Waals surface area contributed by atoms with Gasteiger partial charge in [-0.3, -0.25) is 9.47 Å². The number of benzene rings is 2. The van der Waals surface area contributed by atoms with Crippen molar-refractivity contribution in [3.05, 3.63) is 76.8 Å². The Morgan fingerprint density at radius 3 is 2.29 bits per heavy atom. The number of para-hydroxylation sites is 1. The van der Waals surface area contributed by atoms with Crippen molar-refractivity contribution in [2.75, 3.05) is 20.2 Å². The average Bonchev–Trinajstić information content (AvgIpc) is 3.04. The van der Waals surface area contributed by atoms with Crippen LogP contribution in [0.5, 0.6) is 0 Å². The number of nitrogens with zero attached hydrogens (tertiary/aromatic N) is 4. The zero-order valence-corrected chi connectivity index (χ0v) is 17.0. The molecule has 6 heteroatoms. The van der Waals surface area contributed by atoms with Crippen molar-refractivity contribution in [3.8, 4) is 5.69 Å². The first-order chi connectivity index (χ1) is 13.7.